The maximum atomic E-state index is 12.3. The largest absolute Gasteiger partial charge is 0.353 e. The highest BCUT2D eigenvalue weighted by Crippen LogP contribution is 2.30. The molecular weight excluding hydrogens is 310 g/mol. The van der Waals surface area contributed by atoms with Crippen LogP contribution < -0.4 is 10.2 Å². The van der Waals surface area contributed by atoms with Gasteiger partial charge in [0.1, 0.15) is 0 Å². The average Bonchev–Trinajstić information content (AvgIpc) is 3.12. The molecule has 1 aromatic rings. The van der Waals surface area contributed by atoms with Gasteiger partial charge in [0.05, 0.1) is 12.1 Å². The predicted molar refractivity (Wildman–Crippen MR) is 91.5 cm³/mol. The molecule has 3 rings (SSSR count). The van der Waals surface area contributed by atoms with Crippen molar-refractivity contribution in [3.05, 3.63) is 11.1 Å². The van der Waals surface area contributed by atoms with E-state index >= 15 is 0 Å². The predicted octanol–water partition coefficient (Wildman–Crippen LogP) is 2.75. The Morgan fingerprint density at radius 1 is 1.39 bits per heavy atom. The average molecular weight is 335 g/mol. The van der Waals surface area contributed by atoms with Gasteiger partial charge in [0.25, 0.3) is 0 Å². The highest BCUT2D eigenvalue weighted by Gasteiger charge is 2.28. The summed E-state index contributed by atoms with van der Waals surface area (Å²) in [7, 11) is 0. The van der Waals surface area contributed by atoms with Crippen LogP contribution >= 0.6 is 11.3 Å². The Hall–Kier alpha value is -1.43. The van der Waals surface area contributed by atoms with Crippen molar-refractivity contribution in [2.45, 2.75) is 58.4 Å². The van der Waals surface area contributed by atoms with Gasteiger partial charge in [0, 0.05) is 24.4 Å². The van der Waals surface area contributed by atoms with E-state index in [0.29, 0.717) is 24.7 Å². The third-order valence-corrected chi connectivity index (χ3v) is 6.15. The molecule has 23 heavy (non-hydrogen) atoms. The lowest BCUT2D eigenvalue weighted by atomic mass is 9.78. The van der Waals surface area contributed by atoms with E-state index in [0.717, 1.165) is 30.2 Å². The van der Waals surface area contributed by atoms with Crippen molar-refractivity contribution in [1.29, 1.82) is 0 Å². The molecule has 0 bridgehead atoms. The van der Waals surface area contributed by atoms with Crippen LogP contribution in [-0.2, 0) is 16.0 Å². The van der Waals surface area contributed by atoms with Crippen LogP contribution in [0, 0.1) is 11.8 Å². The van der Waals surface area contributed by atoms with Crippen LogP contribution in [0.25, 0.3) is 0 Å². The van der Waals surface area contributed by atoms with Crippen LogP contribution in [0.4, 0.5) is 5.13 Å². The number of hydrogen-bond acceptors (Lipinski definition) is 4. The monoisotopic (exact) mass is 335 g/mol. The minimum absolute atomic E-state index is 0.0422. The molecule has 1 aromatic heterocycles. The molecule has 3 atom stereocenters. The van der Waals surface area contributed by atoms with E-state index in [-0.39, 0.29) is 17.9 Å². The first kappa shape index (κ1) is 16.4. The van der Waals surface area contributed by atoms with Crippen molar-refractivity contribution in [2.24, 2.45) is 11.8 Å². The van der Waals surface area contributed by atoms with Gasteiger partial charge in [-0.3, -0.25) is 14.5 Å². The molecule has 0 radical (unpaired) electrons. The summed E-state index contributed by atoms with van der Waals surface area (Å²) in [4.78, 5) is 30.3. The van der Waals surface area contributed by atoms with E-state index in [9.17, 15) is 9.59 Å². The molecule has 1 saturated heterocycles. The number of amides is 2. The van der Waals surface area contributed by atoms with Gasteiger partial charge in [-0.1, -0.05) is 26.7 Å². The normalized spacial score (nSPS) is 28.2. The smallest absolute Gasteiger partial charge is 0.228 e. The van der Waals surface area contributed by atoms with Gasteiger partial charge >= 0.3 is 0 Å². The van der Waals surface area contributed by atoms with E-state index in [1.54, 1.807) is 4.90 Å². The zero-order chi connectivity index (χ0) is 16.4. The van der Waals surface area contributed by atoms with Gasteiger partial charge in [-0.15, -0.1) is 11.3 Å². The number of carbonyl (C=O) groups is 2. The van der Waals surface area contributed by atoms with Crippen LogP contribution in [-0.4, -0.2) is 29.4 Å². The molecule has 2 heterocycles. The van der Waals surface area contributed by atoms with Crippen molar-refractivity contribution in [3.63, 3.8) is 0 Å². The molecule has 5 nitrogen and oxygen atoms in total. The van der Waals surface area contributed by atoms with Crippen molar-refractivity contribution >= 4 is 28.3 Å². The van der Waals surface area contributed by atoms with E-state index < -0.39 is 0 Å². The number of thiazole rings is 1. The molecule has 3 unspecified atom stereocenters. The zero-order valence-electron chi connectivity index (χ0n) is 13.9. The second-order valence-electron chi connectivity index (χ2n) is 6.89. The van der Waals surface area contributed by atoms with Gasteiger partial charge in [-0.05, 0) is 24.7 Å². The number of hydrogen-bond donors (Lipinski definition) is 1. The Morgan fingerprint density at radius 3 is 2.96 bits per heavy atom. The topological polar surface area (TPSA) is 62.3 Å². The summed E-state index contributed by atoms with van der Waals surface area (Å²) in [5, 5.41) is 5.81. The van der Waals surface area contributed by atoms with Crippen LogP contribution in [0.2, 0.25) is 0 Å². The molecule has 0 aromatic carbocycles. The Kier molecular flexibility index (Phi) is 4.99. The minimum Gasteiger partial charge on any atom is -0.353 e. The second-order valence-corrected chi connectivity index (χ2v) is 7.72. The summed E-state index contributed by atoms with van der Waals surface area (Å²) >= 11 is 1.45. The van der Waals surface area contributed by atoms with Crippen molar-refractivity contribution in [3.8, 4) is 0 Å². The maximum Gasteiger partial charge on any atom is 0.228 e. The molecule has 1 aliphatic heterocycles. The van der Waals surface area contributed by atoms with Crippen LogP contribution in [0.5, 0.6) is 0 Å². The molecule has 1 aliphatic carbocycles. The minimum atomic E-state index is 0.0422. The summed E-state index contributed by atoms with van der Waals surface area (Å²) in [5.41, 5.74) is 0.763. The van der Waals surface area contributed by atoms with E-state index in [1.807, 2.05) is 5.38 Å². The molecule has 2 amide bonds. The van der Waals surface area contributed by atoms with Crippen molar-refractivity contribution in [2.75, 3.05) is 11.4 Å². The Labute approximate surface area is 141 Å². The highest BCUT2D eigenvalue weighted by molar-refractivity contribution is 7.14. The number of nitrogens with zero attached hydrogens (tertiary/aromatic N) is 2. The van der Waals surface area contributed by atoms with Crippen LogP contribution in [0.3, 0.4) is 0 Å². The summed E-state index contributed by atoms with van der Waals surface area (Å²) in [6, 6.07) is 0.282. The number of rotatable bonds is 4. The quantitative estimate of drug-likeness (QED) is 0.920. The summed E-state index contributed by atoms with van der Waals surface area (Å²) in [6.45, 7) is 5.24. The lowest BCUT2D eigenvalue weighted by Gasteiger charge is -2.34. The Morgan fingerprint density at radius 2 is 2.22 bits per heavy atom. The number of anilines is 1. The van der Waals surface area contributed by atoms with Gasteiger partial charge in [0.2, 0.25) is 11.8 Å². The van der Waals surface area contributed by atoms with Crippen molar-refractivity contribution < 1.29 is 9.59 Å². The fourth-order valence-electron chi connectivity index (χ4n) is 3.56. The second kappa shape index (κ2) is 6.99. The summed E-state index contributed by atoms with van der Waals surface area (Å²) in [5.74, 6) is 1.38. The molecule has 1 saturated carbocycles. The third-order valence-electron chi connectivity index (χ3n) is 5.24. The number of aromatic nitrogens is 1. The fourth-order valence-corrected chi connectivity index (χ4v) is 4.43. The first-order valence-corrected chi connectivity index (χ1v) is 9.46. The van der Waals surface area contributed by atoms with Gasteiger partial charge in [-0.25, -0.2) is 4.98 Å². The Bertz CT molecular complexity index is 586. The third kappa shape index (κ3) is 3.74. The first-order valence-electron chi connectivity index (χ1n) is 8.58. The number of nitrogens with one attached hydrogen (secondary N) is 1. The fraction of sp³-hybridized carbons (Fsp3) is 0.706. The molecule has 2 aliphatic rings. The van der Waals surface area contributed by atoms with Crippen LogP contribution in [0.1, 0.15) is 51.6 Å². The standard InChI is InChI=1S/C17H25N3O2S/c1-11-5-3-6-14(12(11)2)19-15(21)9-13-10-23-17(18-13)20-8-4-7-16(20)22/h10-12,14H,3-9H2,1-2H3,(H,19,21). The van der Waals surface area contributed by atoms with Gasteiger partial charge < -0.3 is 5.32 Å². The molecule has 126 valence electrons. The maximum absolute atomic E-state index is 12.3. The molecule has 2 fully saturated rings. The van der Waals surface area contributed by atoms with Crippen LogP contribution in [0.15, 0.2) is 5.38 Å². The summed E-state index contributed by atoms with van der Waals surface area (Å²) in [6.07, 6.45) is 5.32. The lowest BCUT2D eigenvalue weighted by Crippen LogP contribution is -2.44. The molecule has 1 N–H and O–H groups in total. The van der Waals surface area contributed by atoms with E-state index in [1.165, 1.54) is 24.2 Å². The molecule has 0 spiro atoms. The lowest BCUT2D eigenvalue weighted by molar-refractivity contribution is -0.122. The van der Waals surface area contributed by atoms with Crippen molar-refractivity contribution in [1.82, 2.24) is 10.3 Å². The first-order chi connectivity index (χ1) is 11.0. The SMILES string of the molecule is CC1CCCC(NC(=O)Cc2csc(N3CCCC3=O)n2)C1C. The van der Waals surface area contributed by atoms with E-state index in [2.05, 4.69) is 24.1 Å². The van der Waals surface area contributed by atoms with E-state index in [4.69, 9.17) is 0 Å². The van der Waals surface area contributed by atoms with Gasteiger partial charge in [0.15, 0.2) is 5.13 Å². The van der Waals surface area contributed by atoms with Gasteiger partial charge in [-0.2, -0.15) is 0 Å². The zero-order valence-corrected chi connectivity index (χ0v) is 14.7. The highest BCUT2D eigenvalue weighted by atomic mass is 32.1. The Balaban J connectivity index is 1.56. The molecular formula is C17H25N3O2S. The summed E-state index contributed by atoms with van der Waals surface area (Å²) < 4.78 is 0. The molecule has 6 heteroatoms. The number of carbonyl (C=O) groups excluding carboxylic acids is 2.